The largest absolute Gasteiger partial charge is 1.00 e. The molecule has 0 aliphatic rings. The minimum Gasteiger partial charge on any atom is -1.00 e. The van der Waals surface area contributed by atoms with Crippen molar-refractivity contribution < 1.29 is 42.0 Å². The van der Waals surface area contributed by atoms with Crippen LogP contribution in [-0.2, 0) is 0 Å². The second kappa shape index (κ2) is 21.5. The van der Waals surface area contributed by atoms with E-state index in [9.17, 15) is 0 Å². The van der Waals surface area contributed by atoms with Gasteiger partial charge >= 0.3 is 37.7 Å². The zero-order valence-corrected chi connectivity index (χ0v) is 2.58. The molecule has 0 unspecified atom stereocenters. The number of rotatable bonds is 0. The van der Waals surface area contributed by atoms with Crippen LogP contribution in [0.3, 0.4) is 0 Å². The quantitative estimate of drug-likeness (QED) is 0.243. The van der Waals surface area contributed by atoms with Gasteiger partial charge in [0.05, 0.1) is 0 Å². The van der Waals surface area contributed by atoms with E-state index in [1.807, 2.05) is 0 Å². The van der Waals surface area contributed by atoms with Crippen molar-refractivity contribution in [3.8, 4) is 0 Å². The summed E-state index contributed by atoms with van der Waals surface area (Å²) in [6, 6.07) is 0. The smallest absolute Gasteiger partial charge is 1.00 e. The van der Waals surface area contributed by atoms with Crippen LogP contribution in [0.5, 0.6) is 0 Å². The average Bonchev–Trinajstić information content (AvgIpc) is 0. The van der Waals surface area contributed by atoms with Gasteiger partial charge in [-0.1, -0.05) is 0 Å². The zero-order valence-electron chi connectivity index (χ0n) is 4.58. The van der Waals surface area contributed by atoms with Crippen LogP contribution < -0.4 is 37.7 Å². The summed E-state index contributed by atoms with van der Waals surface area (Å²) in [5, 5.41) is 0. The minimum atomic E-state index is 0. The van der Waals surface area contributed by atoms with Gasteiger partial charge in [0.2, 0.25) is 0 Å². The van der Waals surface area contributed by atoms with Crippen LogP contribution in [0.2, 0.25) is 0 Å². The Kier molecular flexibility index (Phi) is 222. The molecule has 0 aromatic carbocycles. The predicted octanol–water partition coefficient (Wildman–Crippen LogP) is -7.09. The zero-order chi connectivity index (χ0) is 0. The van der Waals surface area contributed by atoms with Gasteiger partial charge in [-0.25, -0.2) is 0 Å². The van der Waals surface area contributed by atoms with Crippen molar-refractivity contribution in [2.24, 2.45) is 0 Å². The van der Waals surface area contributed by atoms with E-state index < -0.39 is 0 Å². The average molecular weight is 58.7 g/mol. The van der Waals surface area contributed by atoms with E-state index in [0.717, 1.165) is 0 Å². The SMILES string of the molecule is [AlH3].[B].[H-].[H-].[HH].[Li+].[Li+]. The van der Waals surface area contributed by atoms with E-state index >= 15 is 0 Å². The standard InChI is InChI=1S/Al.B.2Li.H2.5H/h;;;;1H;;;;;/q;;2*+1;;;;;2*-1. The summed E-state index contributed by atoms with van der Waals surface area (Å²) in [5.41, 5.74) is 0. The maximum absolute atomic E-state index is 0. The molecule has 0 spiro atoms. The molecule has 4 heavy (non-hydrogen) atoms. The Balaban J connectivity index is 0. The summed E-state index contributed by atoms with van der Waals surface area (Å²) >= 11 is 0. The molecule has 0 aliphatic heterocycles. The Bertz CT molecular complexity index is 12.9. The molecular formula is H7AlBLi2. The second-order valence-corrected chi connectivity index (χ2v) is 0. The van der Waals surface area contributed by atoms with E-state index in [-0.39, 0.29) is 67.8 Å². The van der Waals surface area contributed by atoms with Crippen LogP contribution in [0.15, 0.2) is 0 Å². The van der Waals surface area contributed by atoms with Crippen molar-refractivity contribution in [2.75, 3.05) is 0 Å². The van der Waals surface area contributed by atoms with E-state index in [4.69, 9.17) is 0 Å². The predicted molar refractivity (Wildman–Crippen MR) is 20.0 cm³/mol. The van der Waals surface area contributed by atoms with Crippen LogP contribution in [0.25, 0.3) is 0 Å². The van der Waals surface area contributed by atoms with Gasteiger partial charge in [0.25, 0.3) is 0 Å². The molecule has 0 bridgehead atoms. The van der Waals surface area contributed by atoms with Crippen LogP contribution in [0.1, 0.15) is 4.28 Å². The molecule has 0 nitrogen and oxygen atoms in total. The third kappa shape index (κ3) is 9.20. The number of hydrogen-bond acceptors (Lipinski definition) is 0. The Hall–Kier alpha value is 1.79. The molecule has 15 valence electrons. The van der Waals surface area contributed by atoms with Gasteiger partial charge in [0, 0.05) is 9.84 Å². The summed E-state index contributed by atoms with van der Waals surface area (Å²) in [7, 11) is 0. The molecule has 0 saturated heterocycles. The van der Waals surface area contributed by atoms with Crippen molar-refractivity contribution in [1.82, 2.24) is 0 Å². The van der Waals surface area contributed by atoms with E-state index in [0.29, 0.717) is 0 Å². The molecule has 0 N–H and O–H groups in total. The molecule has 0 atom stereocenters. The fraction of sp³-hybridized carbons (Fsp3) is 0. The summed E-state index contributed by atoms with van der Waals surface area (Å²) < 4.78 is 0. The Morgan fingerprint density at radius 3 is 1.25 bits per heavy atom. The van der Waals surface area contributed by atoms with Crippen LogP contribution in [-0.4, -0.2) is 25.8 Å². The van der Waals surface area contributed by atoms with Crippen molar-refractivity contribution in [3.63, 3.8) is 0 Å². The first-order valence-corrected chi connectivity index (χ1v) is 0. The molecule has 0 rings (SSSR count). The summed E-state index contributed by atoms with van der Waals surface area (Å²) in [4.78, 5) is 0. The third-order valence-electron chi connectivity index (χ3n) is 0. The molecular weight excluding hydrogens is 51.7 g/mol. The van der Waals surface area contributed by atoms with E-state index in [1.54, 1.807) is 0 Å². The fourth-order valence-corrected chi connectivity index (χ4v) is 0. The van der Waals surface area contributed by atoms with E-state index in [1.165, 1.54) is 0 Å². The van der Waals surface area contributed by atoms with Gasteiger partial charge in [-0.15, -0.1) is 0 Å². The van der Waals surface area contributed by atoms with Gasteiger partial charge < -0.3 is 2.85 Å². The van der Waals surface area contributed by atoms with Crippen molar-refractivity contribution in [1.29, 1.82) is 0 Å². The minimum absolute atomic E-state index is 0. The van der Waals surface area contributed by atoms with Gasteiger partial charge in [0.15, 0.2) is 17.4 Å². The first kappa shape index (κ1) is 41.4. The van der Waals surface area contributed by atoms with Gasteiger partial charge in [-0.3, -0.25) is 0 Å². The van der Waals surface area contributed by atoms with Gasteiger partial charge in [0.1, 0.15) is 0 Å². The van der Waals surface area contributed by atoms with Crippen molar-refractivity contribution in [3.05, 3.63) is 0 Å². The molecule has 4 heteroatoms. The molecule has 0 aromatic heterocycles. The summed E-state index contributed by atoms with van der Waals surface area (Å²) in [6.45, 7) is 0. The topological polar surface area (TPSA) is 0 Å². The first-order valence-electron chi connectivity index (χ1n) is 0. The second-order valence-electron chi connectivity index (χ2n) is 0. The fourth-order valence-electron chi connectivity index (χ4n) is 0. The molecule has 0 aromatic rings. The Morgan fingerprint density at radius 1 is 1.25 bits per heavy atom. The maximum atomic E-state index is 0. The molecule has 0 aliphatic carbocycles. The van der Waals surface area contributed by atoms with Crippen molar-refractivity contribution in [2.45, 2.75) is 0 Å². The van der Waals surface area contributed by atoms with Crippen LogP contribution >= 0.6 is 0 Å². The third-order valence-corrected chi connectivity index (χ3v) is 0. The van der Waals surface area contributed by atoms with Gasteiger partial charge in [-0.05, 0) is 0 Å². The monoisotopic (exact) mass is 59.1 g/mol. The van der Waals surface area contributed by atoms with Crippen LogP contribution in [0.4, 0.5) is 0 Å². The van der Waals surface area contributed by atoms with Crippen molar-refractivity contribution >= 4 is 25.8 Å². The first-order chi connectivity index (χ1) is 0. The molecule has 0 saturated carbocycles. The van der Waals surface area contributed by atoms with E-state index in [2.05, 4.69) is 0 Å². The Morgan fingerprint density at radius 2 is 1.25 bits per heavy atom. The normalized spacial score (nSPS) is 0. The van der Waals surface area contributed by atoms with Crippen LogP contribution in [0, 0.1) is 0 Å². The molecule has 0 amide bonds. The maximum Gasteiger partial charge on any atom is 1.00 e. The molecule has 0 heterocycles. The Labute approximate surface area is 67.6 Å². The molecule has 0 fully saturated rings. The molecule has 3 radical (unpaired) electrons. The summed E-state index contributed by atoms with van der Waals surface area (Å²) in [6.07, 6.45) is 0. The number of hydrogen-bond donors (Lipinski definition) is 0. The summed E-state index contributed by atoms with van der Waals surface area (Å²) in [5.74, 6) is 0. The van der Waals surface area contributed by atoms with Gasteiger partial charge in [-0.2, -0.15) is 0 Å².